The standard InChI is InChI=1S/C8H11FN2O/c9-8-6(2-1-3-11-8)4-7(12)5-10/h1-3,7,12H,4-5,10H2. The molecule has 1 unspecified atom stereocenters. The highest BCUT2D eigenvalue weighted by Crippen LogP contribution is 2.05. The van der Waals surface area contributed by atoms with Crippen molar-refractivity contribution in [2.75, 3.05) is 6.54 Å². The van der Waals surface area contributed by atoms with E-state index in [9.17, 15) is 4.39 Å². The van der Waals surface area contributed by atoms with Gasteiger partial charge in [0, 0.05) is 24.7 Å². The number of halogens is 1. The topological polar surface area (TPSA) is 59.1 Å². The molecule has 3 nitrogen and oxygen atoms in total. The summed E-state index contributed by atoms with van der Waals surface area (Å²) >= 11 is 0. The van der Waals surface area contributed by atoms with E-state index in [1.54, 1.807) is 12.1 Å². The van der Waals surface area contributed by atoms with Gasteiger partial charge in [0.2, 0.25) is 5.95 Å². The van der Waals surface area contributed by atoms with E-state index in [4.69, 9.17) is 10.8 Å². The molecule has 0 radical (unpaired) electrons. The fourth-order valence-corrected chi connectivity index (χ4v) is 0.909. The fourth-order valence-electron chi connectivity index (χ4n) is 0.909. The molecule has 0 amide bonds. The number of aromatic nitrogens is 1. The molecule has 1 aromatic rings. The van der Waals surface area contributed by atoms with E-state index in [1.807, 2.05) is 0 Å². The normalized spacial score (nSPS) is 12.9. The Morgan fingerprint density at radius 1 is 1.67 bits per heavy atom. The minimum atomic E-state index is -0.691. The van der Waals surface area contributed by atoms with Crippen molar-refractivity contribution in [3.8, 4) is 0 Å². The first kappa shape index (κ1) is 9.09. The van der Waals surface area contributed by atoms with Gasteiger partial charge < -0.3 is 10.8 Å². The third kappa shape index (κ3) is 2.25. The molecule has 0 bridgehead atoms. The van der Waals surface area contributed by atoms with Gasteiger partial charge in [0.05, 0.1) is 6.10 Å². The molecule has 1 heterocycles. The van der Waals surface area contributed by atoms with Crippen LogP contribution < -0.4 is 5.73 Å². The number of rotatable bonds is 3. The minimum Gasteiger partial charge on any atom is -0.391 e. The number of aliphatic hydroxyl groups is 1. The van der Waals surface area contributed by atoms with Crippen LogP contribution in [0.5, 0.6) is 0 Å². The Hall–Kier alpha value is -1.00. The Kier molecular flexibility index (Phi) is 3.13. The second-order valence-electron chi connectivity index (χ2n) is 2.55. The van der Waals surface area contributed by atoms with E-state index in [-0.39, 0.29) is 13.0 Å². The number of hydrogen-bond acceptors (Lipinski definition) is 3. The molecule has 3 N–H and O–H groups in total. The molecule has 0 fully saturated rings. The van der Waals surface area contributed by atoms with Crippen molar-refractivity contribution in [1.29, 1.82) is 0 Å². The van der Waals surface area contributed by atoms with Crippen LogP contribution in [-0.2, 0) is 6.42 Å². The van der Waals surface area contributed by atoms with Crippen LogP contribution >= 0.6 is 0 Å². The SMILES string of the molecule is NCC(O)Cc1cccnc1F. The summed E-state index contributed by atoms with van der Waals surface area (Å²) in [6.07, 6.45) is 0.896. The van der Waals surface area contributed by atoms with Gasteiger partial charge in [-0.2, -0.15) is 4.39 Å². The first-order chi connectivity index (χ1) is 5.74. The highest BCUT2D eigenvalue weighted by atomic mass is 19.1. The average molecular weight is 170 g/mol. The van der Waals surface area contributed by atoms with Gasteiger partial charge in [-0.15, -0.1) is 0 Å². The lowest BCUT2D eigenvalue weighted by molar-refractivity contribution is 0.182. The molecular formula is C8H11FN2O. The molecule has 0 aliphatic carbocycles. The zero-order valence-corrected chi connectivity index (χ0v) is 6.57. The molecule has 1 rings (SSSR count). The maximum Gasteiger partial charge on any atom is 0.216 e. The second kappa shape index (κ2) is 4.13. The van der Waals surface area contributed by atoms with E-state index < -0.39 is 12.1 Å². The highest BCUT2D eigenvalue weighted by molar-refractivity contribution is 5.11. The Morgan fingerprint density at radius 2 is 2.42 bits per heavy atom. The molecule has 4 heteroatoms. The van der Waals surface area contributed by atoms with Crippen molar-refractivity contribution < 1.29 is 9.50 Å². The van der Waals surface area contributed by atoms with Gasteiger partial charge in [0.1, 0.15) is 0 Å². The lowest BCUT2D eigenvalue weighted by Gasteiger charge is -2.06. The summed E-state index contributed by atoms with van der Waals surface area (Å²) in [5.74, 6) is -0.537. The summed E-state index contributed by atoms with van der Waals surface area (Å²) in [6.45, 7) is 0.133. The largest absolute Gasteiger partial charge is 0.391 e. The summed E-state index contributed by atoms with van der Waals surface area (Å²) in [4.78, 5) is 3.45. The van der Waals surface area contributed by atoms with Gasteiger partial charge in [-0.3, -0.25) is 0 Å². The number of pyridine rings is 1. The fraction of sp³-hybridized carbons (Fsp3) is 0.375. The van der Waals surface area contributed by atoms with Crippen molar-refractivity contribution in [1.82, 2.24) is 4.98 Å². The van der Waals surface area contributed by atoms with Gasteiger partial charge in [0.15, 0.2) is 0 Å². The predicted molar refractivity (Wildman–Crippen MR) is 43.0 cm³/mol. The van der Waals surface area contributed by atoms with Crippen LogP contribution in [0.15, 0.2) is 18.3 Å². The third-order valence-corrected chi connectivity index (χ3v) is 1.56. The number of hydrogen-bond donors (Lipinski definition) is 2. The molecule has 0 saturated carbocycles. The van der Waals surface area contributed by atoms with Crippen molar-refractivity contribution in [3.05, 3.63) is 29.8 Å². The Bertz CT molecular complexity index is 255. The summed E-state index contributed by atoms with van der Waals surface area (Å²) in [7, 11) is 0. The molecule has 0 spiro atoms. The third-order valence-electron chi connectivity index (χ3n) is 1.56. The van der Waals surface area contributed by atoms with Crippen LogP contribution in [0, 0.1) is 5.95 Å². The van der Waals surface area contributed by atoms with Crippen LogP contribution in [0.4, 0.5) is 4.39 Å². The molecular weight excluding hydrogens is 159 g/mol. The minimum absolute atomic E-state index is 0.133. The van der Waals surface area contributed by atoms with Crippen LogP contribution in [0.3, 0.4) is 0 Å². The molecule has 0 aliphatic rings. The molecule has 12 heavy (non-hydrogen) atoms. The van der Waals surface area contributed by atoms with Gasteiger partial charge in [0.25, 0.3) is 0 Å². The van der Waals surface area contributed by atoms with E-state index in [0.29, 0.717) is 5.56 Å². The molecule has 0 aromatic carbocycles. The zero-order chi connectivity index (χ0) is 8.97. The van der Waals surface area contributed by atoms with Crippen LogP contribution in [0.2, 0.25) is 0 Å². The first-order valence-corrected chi connectivity index (χ1v) is 3.71. The Labute approximate surface area is 70.0 Å². The van der Waals surface area contributed by atoms with Gasteiger partial charge in [-0.25, -0.2) is 4.98 Å². The lowest BCUT2D eigenvalue weighted by atomic mass is 10.1. The predicted octanol–water partition coefficient (Wildman–Crippen LogP) is 0.0828. The van der Waals surface area contributed by atoms with E-state index >= 15 is 0 Å². The van der Waals surface area contributed by atoms with Crippen molar-refractivity contribution >= 4 is 0 Å². The number of nitrogens with zero attached hydrogens (tertiary/aromatic N) is 1. The highest BCUT2D eigenvalue weighted by Gasteiger charge is 2.07. The molecule has 0 saturated heterocycles. The molecule has 1 atom stereocenters. The monoisotopic (exact) mass is 170 g/mol. The van der Waals surface area contributed by atoms with Crippen molar-refractivity contribution in [2.24, 2.45) is 5.73 Å². The maximum atomic E-state index is 12.8. The van der Waals surface area contributed by atoms with Crippen LogP contribution in [0.1, 0.15) is 5.56 Å². The van der Waals surface area contributed by atoms with Crippen LogP contribution in [0.25, 0.3) is 0 Å². The molecule has 0 aliphatic heterocycles. The van der Waals surface area contributed by atoms with Crippen LogP contribution in [-0.4, -0.2) is 22.7 Å². The first-order valence-electron chi connectivity index (χ1n) is 3.71. The van der Waals surface area contributed by atoms with Crippen molar-refractivity contribution in [3.63, 3.8) is 0 Å². The smallest absolute Gasteiger partial charge is 0.216 e. The second-order valence-corrected chi connectivity index (χ2v) is 2.55. The van der Waals surface area contributed by atoms with Gasteiger partial charge in [-0.05, 0) is 6.07 Å². The Balaban J connectivity index is 2.69. The van der Waals surface area contributed by atoms with E-state index in [0.717, 1.165) is 0 Å². The zero-order valence-electron chi connectivity index (χ0n) is 6.57. The molecule has 66 valence electrons. The van der Waals surface area contributed by atoms with E-state index in [2.05, 4.69) is 4.98 Å². The van der Waals surface area contributed by atoms with E-state index in [1.165, 1.54) is 6.20 Å². The van der Waals surface area contributed by atoms with Gasteiger partial charge in [-0.1, -0.05) is 6.07 Å². The molecule has 1 aromatic heterocycles. The van der Waals surface area contributed by atoms with Gasteiger partial charge >= 0.3 is 0 Å². The average Bonchev–Trinajstić information content (AvgIpc) is 2.09. The summed E-state index contributed by atoms with van der Waals surface area (Å²) < 4.78 is 12.8. The quantitative estimate of drug-likeness (QED) is 0.632. The van der Waals surface area contributed by atoms with Crippen molar-refractivity contribution in [2.45, 2.75) is 12.5 Å². The number of aliphatic hydroxyl groups excluding tert-OH is 1. The summed E-state index contributed by atoms with van der Waals surface area (Å²) in [5.41, 5.74) is 5.58. The summed E-state index contributed by atoms with van der Waals surface area (Å²) in [6, 6.07) is 3.21. The lowest BCUT2D eigenvalue weighted by Crippen LogP contribution is -2.22. The maximum absolute atomic E-state index is 12.8. The summed E-state index contributed by atoms with van der Waals surface area (Å²) in [5, 5.41) is 9.12. The Morgan fingerprint density at radius 3 is 3.00 bits per heavy atom. The number of nitrogens with two attached hydrogens (primary N) is 1.